The van der Waals surface area contributed by atoms with Crippen LogP contribution in [0.4, 0.5) is 0 Å². The first kappa shape index (κ1) is 9.58. The molecular formula is C11H19N. The van der Waals surface area contributed by atoms with Crippen LogP contribution in [0.3, 0.4) is 0 Å². The van der Waals surface area contributed by atoms with E-state index in [2.05, 4.69) is 13.0 Å². The zero-order valence-corrected chi connectivity index (χ0v) is 8.05. The molecule has 1 heteroatoms. The average molecular weight is 165 g/mol. The Kier molecular flexibility index (Phi) is 4.14. The van der Waals surface area contributed by atoms with Gasteiger partial charge in [0.1, 0.15) is 0 Å². The van der Waals surface area contributed by atoms with E-state index in [1.807, 2.05) is 0 Å². The second-order valence-corrected chi connectivity index (χ2v) is 4.19. The second-order valence-electron chi connectivity index (χ2n) is 4.19. The fourth-order valence-electron chi connectivity index (χ4n) is 2.24. The lowest BCUT2D eigenvalue weighted by Gasteiger charge is -2.14. The number of rotatable bonds is 4. The quantitative estimate of drug-likeness (QED) is 0.625. The summed E-state index contributed by atoms with van der Waals surface area (Å²) in [6.07, 6.45) is 8.97. The Hall–Kier alpha value is -0.510. The Morgan fingerprint density at radius 3 is 2.67 bits per heavy atom. The Morgan fingerprint density at radius 1 is 1.42 bits per heavy atom. The van der Waals surface area contributed by atoms with Gasteiger partial charge in [-0.25, -0.2) is 0 Å². The van der Waals surface area contributed by atoms with Crippen molar-refractivity contribution in [2.45, 2.75) is 51.9 Å². The first-order chi connectivity index (χ1) is 5.83. The maximum Gasteiger partial charge on any atom is 0.0621 e. The lowest BCUT2D eigenvalue weighted by atomic mass is 9.92. The van der Waals surface area contributed by atoms with E-state index in [-0.39, 0.29) is 0 Å². The molecule has 0 aromatic rings. The van der Waals surface area contributed by atoms with Gasteiger partial charge in [0.25, 0.3) is 0 Å². The van der Waals surface area contributed by atoms with Crippen LogP contribution < -0.4 is 0 Å². The molecule has 0 saturated heterocycles. The SMILES string of the molecule is CC(CCC#N)CC1CCCC1. The Morgan fingerprint density at radius 2 is 2.08 bits per heavy atom. The molecule has 1 nitrogen and oxygen atoms in total. The molecule has 0 bridgehead atoms. The molecule has 0 spiro atoms. The molecule has 1 atom stereocenters. The van der Waals surface area contributed by atoms with Crippen molar-refractivity contribution >= 4 is 0 Å². The van der Waals surface area contributed by atoms with Gasteiger partial charge in [-0.05, 0) is 24.7 Å². The van der Waals surface area contributed by atoms with E-state index in [9.17, 15) is 0 Å². The summed E-state index contributed by atoms with van der Waals surface area (Å²) in [6.45, 7) is 2.29. The maximum atomic E-state index is 8.43. The highest BCUT2D eigenvalue weighted by Gasteiger charge is 2.17. The topological polar surface area (TPSA) is 23.8 Å². The lowest BCUT2D eigenvalue weighted by Crippen LogP contribution is -2.02. The van der Waals surface area contributed by atoms with Crippen molar-refractivity contribution in [2.24, 2.45) is 11.8 Å². The molecule has 1 rings (SSSR count). The lowest BCUT2D eigenvalue weighted by molar-refractivity contribution is 0.382. The smallest absolute Gasteiger partial charge is 0.0621 e. The van der Waals surface area contributed by atoms with Gasteiger partial charge in [-0.1, -0.05) is 32.6 Å². The molecule has 0 amide bonds. The molecule has 0 aliphatic heterocycles. The third-order valence-electron chi connectivity index (χ3n) is 2.96. The van der Waals surface area contributed by atoms with Crippen molar-refractivity contribution < 1.29 is 0 Å². The predicted octanol–water partition coefficient (Wildman–Crippen LogP) is 3.51. The molecule has 0 radical (unpaired) electrons. The minimum absolute atomic E-state index is 0.744. The summed E-state index contributed by atoms with van der Waals surface area (Å²) < 4.78 is 0. The van der Waals surface area contributed by atoms with Gasteiger partial charge in [-0.3, -0.25) is 0 Å². The van der Waals surface area contributed by atoms with Crippen LogP contribution in [-0.2, 0) is 0 Å². The number of hydrogen-bond acceptors (Lipinski definition) is 1. The van der Waals surface area contributed by atoms with Gasteiger partial charge < -0.3 is 0 Å². The third-order valence-corrected chi connectivity index (χ3v) is 2.96. The van der Waals surface area contributed by atoms with Crippen LogP contribution in [0.2, 0.25) is 0 Å². The van der Waals surface area contributed by atoms with Crippen LogP contribution in [0.15, 0.2) is 0 Å². The van der Waals surface area contributed by atoms with Gasteiger partial charge in [0.15, 0.2) is 0 Å². The van der Waals surface area contributed by atoms with Gasteiger partial charge in [-0.2, -0.15) is 5.26 Å². The van der Waals surface area contributed by atoms with Crippen molar-refractivity contribution in [3.63, 3.8) is 0 Å². The normalized spacial score (nSPS) is 20.7. The fourth-order valence-corrected chi connectivity index (χ4v) is 2.24. The fraction of sp³-hybridized carbons (Fsp3) is 0.909. The summed E-state index contributed by atoms with van der Waals surface area (Å²) in [4.78, 5) is 0. The minimum atomic E-state index is 0.744. The predicted molar refractivity (Wildman–Crippen MR) is 50.6 cm³/mol. The molecule has 0 N–H and O–H groups in total. The monoisotopic (exact) mass is 165 g/mol. The molecule has 1 fully saturated rings. The van der Waals surface area contributed by atoms with Crippen LogP contribution in [0.1, 0.15) is 51.9 Å². The summed E-state index contributed by atoms with van der Waals surface area (Å²) in [6, 6.07) is 2.22. The van der Waals surface area contributed by atoms with Crippen molar-refractivity contribution in [1.82, 2.24) is 0 Å². The van der Waals surface area contributed by atoms with E-state index in [1.165, 1.54) is 32.1 Å². The highest BCUT2D eigenvalue weighted by Crippen LogP contribution is 2.31. The number of nitrogens with zero attached hydrogens (tertiary/aromatic N) is 1. The molecule has 68 valence electrons. The first-order valence-corrected chi connectivity index (χ1v) is 5.20. The summed E-state index contributed by atoms with van der Waals surface area (Å²) in [5.41, 5.74) is 0. The molecule has 0 aromatic heterocycles. The van der Waals surface area contributed by atoms with Crippen LogP contribution in [0, 0.1) is 23.2 Å². The Bertz CT molecular complexity index is 151. The van der Waals surface area contributed by atoms with E-state index >= 15 is 0 Å². The van der Waals surface area contributed by atoms with Crippen molar-refractivity contribution in [1.29, 1.82) is 5.26 Å². The van der Waals surface area contributed by atoms with Crippen LogP contribution in [0.5, 0.6) is 0 Å². The average Bonchev–Trinajstić information content (AvgIpc) is 2.53. The molecule has 1 unspecified atom stereocenters. The molecule has 1 aliphatic rings. The minimum Gasteiger partial charge on any atom is -0.198 e. The van der Waals surface area contributed by atoms with Gasteiger partial charge in [0, 0.05) is 6.42 Å². The first-order valence-electron chi connectivity index (χ1n) is 5.20. The van der Waals surface area contributed by atoms with Gasteiger partial charge >= 0.3 is 0 Å². The molecule has 1 saturated carbocycles. The largest absolute Gasteiger partial charge is 0.198 e. The van der Waals surface area contributed by atoms with Crippen LogP contribution in [0.25, 0.3) is 0 Å². The molecule has 12 heavy (non-hydrogen) atoms. The summed E-state index contributed by atoms with van der Waals surface area (Å²) >= 11 is 0. The van der Waals surface area contributed by atoms with E-state index in [0.717, 1.165) is 24.7 Å². The van der Waals surface area contributed by atoms with Crippen LogP contribution in [-0.4, -0.2) is 0 Å². The molecular weight excluding hydrogens is 146 g/mol. The van der Waals surface area contributed by atoms with Crippen molar-refractivity contribution in [2.75, 3.05) is 0 Å². The zero-order chi connectivity index (χ0) is 8.81. The van der Waals surface area contributed by atoms with E-state index < -0.39 is 0 Å². The van der Waals surface area contributed by atoms with Crippen LogP contribution >= 0.6 is 0 Å². The maximum absolute atomic E-state index is 8.43. The molecule has 0 heterocycles. The van der Waals surface area contributed by atoms with E-state index in [4.69, 9.17) is 5.26 Å². The van der Waals surface area contributed by atoms with E-state index in [0.29, 0.717) is 0 Å². The number of hydrogen-bond donors (Lipinski definition) is 0. The molecule has 0 aromatic carbocycles. The highest BCUT2D eigenvalue weighted by molar-refractivity contribution is 4.74. The summed E-state index contributed by atoms with van der Waals surface area (Å²) in [5.74, 6) is 1.76. The van der Waals surface area contributed by atoms with Crippen molar-refractivity contribution in [3.8, 4) is 6.07 Å². The second kappa shape index (κ2) is 5.19. The van der Waals surface area contributed by atoms with Gasteiger partial charge in [0.05, 0.1) is 6.07 Å². The number of nitriles is 1. The van der Waals surface area contributed by atoms with E-state index in [1.54, 1.807) is 0 Å². The standard InChI is InChI=1S/C11H19N/c1-10(5-4-8-12)9-11-6-2-3-7-11/h10-11H,2-7,9H2,1H3. The Balaban J connectivity index is 2.08. The molecule has 1 aliphatic carbocycles. The van der Waals surface area contributed by atoms with Crippen molar-refractivity contribution in [3.05, 3.63) is 0 Å². The third kappa shape index (κ3) is 3.26. The zero-order valence-electron chi connectivity index (χ0n) is 8.05. The van der Waals surface area contributed by atoms with Gasteiger partial charge in [0.2, 0.25) is 0 Å². The summed E-state index contributed by atoms with van der Waals surface area (Å²) in [7, 11) is 0. The van der Waals surface area contributed by atoms with Gasteiger partial charge in [-0.15, -0.1) is 0 Å². The highest BCUT2D eigenvalue weighted by atomic mass is 14.3. The summed E-state index contributed by atoms with van der Waals surface area (Å²) in [5, 5.41) is 8.43. The Labute approximate surface area is 75.8 Å².